The van der Waals surface area contributed by atoms with E-state index in [1.807, 2.05) is 11.0 Å². The third kappa shape index (κ3) is 4.13. The first-order valence-electron chi connectivity index (χ1n) is 12.1. The van der Waals surface area contributed by atoms with Gasteiger partial charge in [-0.05, 0) is 82.1 Å². The third-order valence-electron chi connectivity index (χ3n) is 7.46. The number of nitriles is 1. The van der Waals surface area contributed by atoms with Crippen molar-refractivity contribution in [2.75, 3.05) is 24.5 Å². The molecule has 0 unspecified atom stereocenters. The third-order valence-corrected chi connectivity index (χ3v) is 7.46. The van der Waals surface area contributed by atoms with E-state index in [1.54, 1.807) is 18.2 Å². The highest BCUT2D eigenvalue weighted by molar-refractivity contribution is 6.08. The fraction of sp³-hybridized carbons (Fsp3) is 0.333. The van der Waals surface area contributed by atoms with Crippen LogP contribution < -0.4 is 4.90 Å². The van der Waals surface area contributed by atoms with Crippen molar-refractivity contribution in [3.05, 3.63) is 99.6 Å². The molecule has 2 heterocycles. The predicted molar refractivity (Wildman–Crippen MR) is 136 cm³/mol. The van der Waals surface area contributed by atoms with Crippen molar-refractivity contribution in [3.63, 3.8) is 0 Å². The predicted octanol–water partition coefficient (Wildman–Crippen LogP) is 5.68. The van der Waals surface area contributed by atoms with E-state index in [2.05, 4.69) is 68.1 Å². The number of carbonyl (C=O) groups excluding carboxylic acids is 1. The number of piperidine rings is 1. The molecule has 1 amide bonds. The first kappa shape index (κ1) is 22.4. The molecule has 3 aromatic carbocycles. The van der Waals surface area contributed by atoms with Gasteiger partial charge in [-0.2, -0.15) is 5.26 Å². The number of likely N-dealkylation sites (tertiary alicyclic amines) is 1. The van der Waals surface area contributed by atoms with E-state index in [1.165, 1.54) is 27.8 Å². The van der Waals surface area contributed by atoms with Gasteiger partial charge >= 0.3 is 0 Å². The molecule has 1 spiro atoms. The van der Waals surface area contributed by atoms with Crippen LogP contribution in [-0.2, 0) is 12.0 Å². The summed E-state index contributed by atoms with van der Waals surface area (Å²) in [5, 5.41) is 9.28. The van der Waals surface area contributed by atoms with Crippen LogP contribution in [0.1, 0.15) is 56.6 Å². The highest BCUT2D eigenvalue weighted by atomic mass is 16.2. The molecular weight excluding hydrogens is 418 g/mol. The van der Waals surface area contributed by atoms with Gasteiger partial charge < -0.3 is 4.90 Å². The van der Waals surface area contributed by atoms with Crippen molar-refractivity contribution in [1.82, 2.24) is 4.90 Å². The van der Waals surface area contributed by atoms with Crippen LogP contribution >= 0.6 is 0 Å². The lowest BCUT2D eigenvalue weighted by atomic mass is 9.74. The molecular formula is C30H31N3O. The number of anilines is 1. The highest BCUT2D eigenvalue weighted by Crippen LogP contribution is 2.48. The van der Waals surface area contributed by atoms with Crippen molar-refractivity contribution in [3.8, 4) is 6.07 Å². The van der Waals surface area contributed by atoms with Crippen molar-refractivity contribution in [2.45, 2.75) is 45.6 Å². The monoisotopic (exact) mass is 449 g/mol. The summed E-state index contributed by atoms with van der Waals surface area (Å²) in [6.07, 6.45) is 2.08. The first-order chi connectivity index (χ1) is 16.4. The summed E-state index contributed by atoms with van der Waals surface area (Å²) in [4.78, 5) is 18.1. The van der Waals surface area contributed by atoms with Gasteiger partial charge in [0.1, 0.15) is 0 Å². The summed E-state index contributed by atoms with van der Waals surface area (Å²) in [5.74, 6) is -0.0169. The van der Waals surface area contributed by atoms with Crippen LogP contribution in [0.3, 0.4) is 0 Å². The largest absolute Gasteiger partial charge is 0.307 e. The molecule has 2 aliphatic rings. The molecule has 172 valence electrons. The Morgan fingerprint density at radius 1 is 0.941 bits per heavy atom. The van der Waals surface area contributed by atoms with E-state index in [-0.39, 0.29) is 11.3 Å². The highest BCUT2D eigenvalue weighted by Gasteiger charge is 2.46. The minimum absolute atomic E-state index is 0.0110. The molecule has 4 nitrogen and oxygen atoms in total. The Hall–Kier alpha value is -3.42. The van der Waals surface area contributed by atoms with E-state index in [0.29, 0.717) is 17.7 Å². The number of rotatable bonds is 3. The molecule has 0 bridgehead atoms. The molecule has 0 N–H and O–H groups in total. The zero-order valence-electron chi connectivity index (χ0n) is 20.3. The maximum absolute atomic E-state index is 13.6. The van der Waals surface area contributed by atoms with Crippen LogP contribution in [0.25, 0.3) is 0 Å². The van der Waals surface area contributed by atoms with Crippen LogP contribution in [0.4, 0.5) is 5.69 Å². The molecule has 0 aliphatic carbocycles. The number of nitrogens with zero attached hydrogens (tertiary/aromatic N) is 3. The van der Waals surface area contributed by atoms with Gasteiger partial charge in [0.25, 0.3) is 5.91 Å². The van der Waals surface area contributed by atoms with E-state index >= 15 is 0 Å². The average molecular weight is 450 g/mol. The SMILES string of the molecule is Cc1cc(C)cc(CN2CCC3(CC2)CN(C(=O)c2cccc(C#N)c2)c2ccc(C)cc23)c1. The minimum Gasteiger partial charge on any atom is -0.307 e. The smallest absolute Gasteiger partial charge is 0.258 e. The molecule has 5 rings (SSSR count). The summed E-state index contributed by atoms with van der Waals surface area (Å²) < 4.78 is 0. The molecule has 0 atom stereocenters. The van der Waals surface area contributed by atoms with Crippen molar-refractivity contribution in [2.24, 2.45) is 0 Å². The Morgan fingerprint density at radius 2 is 1.68 bits per heavy atom. The van der Waals surface area contributed by atoms with Crippen LogP contribution in [0, 0.1) is 32.1 Å². The quantitative estimate of drug-likeness (QED) is 0.517. The topological polar surface area (TPSA) is 47.3 Å². The second-order valence-corrected chi connectivity index (χ2v) is 10.2. The summed E-state index contributed by atoms with van der Waals surface area (Å²) in [7, 11) is 0. The molecule has 1 saturated heterocycles. The molecule has 34 heavy (non-hydrogen) atoms. The van der Waals surface area contributed by atoms with Gasteiger partial charge in [-0.1, -0.05) is 53.1 Å². The number of amides is 1. The number of aryl methyl sites for hydroxylation is 3. The Morgan fingerprint density at radius 3 is 2.38 bits per heavy atom. The van der Waals surface area contributed by atoms with Gasteiger partial charge in [-0.3, -0.25) is 9.69 Å². The molecule has 3 aromatic rings. The van der Waals surface area contributed by atoms with Gasteiger partial charge in [0.2, 0.25) is 0 Å². The Labute approximate surface area is 202 Å². The number of hydrogen-bond acceptors (Lipinski definition) is 3. The van der Waals surface area contributed by atoms with E-state index in [9.17, 15) is 10.1 Å². The molecule has 1 fully saturated rings. The second-order valence-electron chi connectivity index (χ2n) is 10.2. The molecule has 0 aromatic heterocycles. The number of carbonyl (C=O) groups is 1. The average Bonchev–Trinajstić information content (AvgIpc) is 3.13. The van der Waals surface area contributed by atoms with Gasteiger partial charge in [0.05, 0.1) is 11.6 Å². The molecule has 2 aliphatic heterocycles. The number of hydrogen-bond donors (Lipinski definition) is 0. The Bertz CT molecular complexity index is 1270. The van der Waals surface area contributed by atoms with Gasteiger partial charge in [0.15, 0.2) is 0 Å². The first-order valence-corrected chi connectivity index (χ1v) is 12.1. The zero-order chi connectivity index (χ0) is 23.9. The lowest BCUT2D eigenvalue weighted by Gasteiger charge is -2.40. The molecule has 0 radical (unpaired) electrons. The summed E-state index contributed by atoms with van der Waals surface area (Å²) in [5.41, 5.74) is 8.67. The summed E-state index contributed by atoms with van der Waals surface area (Å²) in [6.45, 7) is 10.2. The van der Waals surface area contributed by atoms with Crippen LogP contribution in [0.5, 0.6) is 0 Å². The van der Waals surface area contributed by atoms with Crippen molar-refractivity contribution < 1.29 is 4.79 Å². The fourth-order valence-electron chi connectivity index (χ4n) is 5.83. The van der Waals surface area contributed by atoms with Crippen LogP contribution in [0.15, 0.2) is 60.7 Å². The maximum Gasteiger partial charge on any atom is 0.258 e. The lowest BCUT2D eigenvalue weighted by molar-refractivity contribution is 0.0975. The second kappa shape index (κ2) is 8.74. The summed E-state index contributed by atoms with van der Waals surface area (Å²) >= 11 is 0. The number of fused-ring (bicyclic) bond motifs is 2. The molecule has 4 heteroatoms. The van der Waals surface area contributed by atoms with Gasteiger partial charge in [0, 0.05) is 29.8 Å². The zero-order valence-corrected chi connectivity index (χ0v) is 20.3. The van der Waals surface area contributed by atoms with E-state index in [4.69, 9.17) is 0 Å². The normalized spacial score (nSPS) is 16.9. The Balaban J connectivity index is 1.39. The van der Waals surface area contributed by atoms with Crippen LogP contribution in [0.2, 0.25) is 0 Å². The number of benzene rings is 3. The van der Waals surface area contributed by atoms with Crippen LogP contribution in [-0.4, -0.2) is 30.4 Å². The maximum atomic E-state index is 13.6. The van der Waals surface area contributed by atoms with Gasteiger partial charge in [-0.25, -0.2) is 0 Å². The lowest BCUT2D eigenvalue weighted by Crippen LogP contribution is -2.45. The van der Waals surface area contributed by atoms with E-state index < -0.39 is 0 Å². The minimum atomic E-state index is -0.0169. The van der Waals surface area contributed by atoms with Crippen molar-refractivity contribution >= 4 is 11.6 Å². The van der Waals surface area contributed by atoms with Crippen molar-refractivity contribution in [1.29, 1.82) is 5.26 Å². The standard InChI is InChI=1S/C30H31N3O/c1-21-7-8-28-27(16-21)30(20-33(28)29(34)26-6-4-5-24(17-26)18-31)9-11-32(12-10-30)19-25-14-22(2)13-23(3)15-25/h4-8,13-17H,9-12,19-20H2,1-3H3. The van der Waals surface area contributed by atoms with Gasteiger partial charge in [-0.15, -0.1) is 0 Å². The fourth-order valence-corrected chi connectivity index (χ4v) is 5.83. The summed E-state index contributed by atoms with van der Waals surface area (Å²) in [6, 6.07) is 22.5. The Kier molecular flexibility index (Phi) is 5.75. The van der Waals surface area contributed by atoms with E-state index in [0.717, 1.165) is 38.2 Å². The molecule has 0 saturated carbocycles.